The standard InChI is InChI=1S/C14H22N2O3/c1-10-4-6-12(7-5-10)16-14(18)11(2)15-8-13(17)9-19-3/h4-7,11,13,15,17H,8-9H2,1-3H3,(H,16,18). The summed E-state index contributed by atoms with van der Waals surface area (Å²) in [5, 5.41) is 15.2. The highest BCUT2D eigenvalue weighted by molar-refractivity contribution is 5.94. The average molecular weight is 266 g/mol. The molecule has 0 saturated carbocycles. The number of carbonyl (C=O) groups excluding carboxylic acids is 1. The van der Waals surface area contributed by atoms with E-state index in [1.807, 2.05) is 31.2 Å². The Kier molecular flexibility index (Phi) is 6.49. The Morgan fingerprint density at radius 3 is 2.58 bits per heavy atom. The Bertz CT molecular complexity index is 392. The summed E-state index contributed by atoms with van der Waals surface area (Å²) in [6.07, 6.45) is -0.611. The van der Waals surface area contributed by atoms with Gasteiger partial charge in [-0.25, -0.2) is 0 Å². The predicted octanol–water partition coefficient (Wildman–Crippen LogP) is 0.919. The third-order valence-corrected chi connectivity index (χ3v) is 2.73. The Morgan fingerprint density at radius 1 is 1.37 bits per heavy atom. The van der Waals surface area contributed by atoms with Gasteiger partial charge in [0.25, 0.3) is 0 Å². The highest BCUT2D eigenvalue weighted by Gasteiger charge is 2.14. The SMILES string of the molecule is COCC(O)CNC(C)C(=O)Nc1ccc(C)cc1. The summed E-state index contributed by atoms with van der Waals surface area (Å²) >= 11 is 0. The normalized spacial score (nSPS) is 13.9. The van der Waals surface area contributed by atoms with Crippen molar-refractivity contribution in [2.75, 3.05) is 25.6 Å². The minimum atomic E-state index is -0.611. The number of ether oxygens (including phenoxy) is 1. The molecule has 0 spiro atoms. The monoisotopic (exact) mass is 266 g/mol. The van der Waals surface area contributed by atoms with Crippen LogP contribution in [0.5, 0.6) is 0 Å². The molecule has 19 heavy (non-hydrogen) atoms. The lowest BCUT2D eigenvalue weighted by Gasteiger charge is -2.16. The molecule has 3 N–H and O–H groups in total. The van der Waals surface area contributed by atoms with E-state index in [0.29, 0.717) is 6.54 Å². The highest BCUT2D eigenvalue weighted by atomic mass is 16.5. The smallest absolute Gasteiger partial charge is 0.241 e. The highest BCUT2D eigenvalue weighted by Crippen LogP contribution is 2.08. The maximum absolute atomic E-state index is 11.9. The molecule has 0 aliphatic rings. The van der Waals surface area contributed by atoms with Crippen LogP contribution in [0.25, 0.3) is 0 Å². The number of carbonyl (C=O) groups is 1. The van der Waals surface area contributed by atoms with Gasteiger partial charge >= 0.3 is 0 Å². The van der Waals surface area contributed by atoms with Crippen LogP contribution in [0, 0.1) is 6.92 Å². The lowest BCUT2D eigenvalue weighted by Crippen LogP contribution is -2.42. The van der Waals surface area contributed by atoms with Crippen LogP contribution in [0.15, 0.2) is 24.3 Å². The summed E-state index contributed by atoms with van der Waals surface area (Å²) in [5.41, 5.74) is 1.91. The number of hydrogen-bond donors (Lipinski definition) is 3. The number of rotatable bonds is 7. The number of methoxy groups -OCH3 is 1. The molecule has 0 heterocycles. The molecule has 5 heteroatoms. The molecule has 0 aliphatic carbocycles. The van der Waals surface area contributed by atoms with Crippen molar-refractivity contribution in [3.63, 3.8) is 0 Å². The van der Waals surface area contributed by atoms with Crippen molar-refractivity contribution >= 4 is 11.6 Å². The zero-order valence-electron chi connectivity index (χ0n) is 11.6. The summed E-state index contributed by atoms with van der Waals surface area (Å²) in [7, 11) is 1.52. The summed E-state index contributed by atoms with van der Waals surface area (Å²) in [6.45, 7) is 4.31. The van der Waals surface area contributed by atoms with Gasteiger partial charge in [-0.3, -0.25) is 4.79 Å². The second-order valence-corrected chi connectivity index (χ2v) is 4.59. The summed E-state index contributed by atoms with van der Waals surface area (Å²) in [4.78, 5) is 11.9. The molecule has 2 atom stereocenters. The number of anilines is 1. The van der Waals surface area contributed by atoms with E-state index in [9.17, 15) is 9.90 Å². The maximum atomic E-state index is 11.9. The molecule has 1 amide bonds. The molecule has 1 aromatic carbocycles. The van der Waals surface area contributed by atoms with Gasteiger partial charge in [0, 0.05) is 19.3 Å². The Labute approximate surface area is 114 Å². The van der Waals surface area contributed by atoms with Crippen molar-refractivity contribution in [3.8, 4) is 0 Å². The number of aliphatic hydroxyl groups is 1. The first kappa shape index (κ1) is 15.6. The van der Waals surface area contributed by atoms with E-state index in [1.165, 1.54) is 7.11 Å². The first-order valence-electron chi connectivity index (χ1n) is 6.31. The number of aliphatic hydroxyl groups excluding tert-OH is 1. The van der Waals surface area contributed by atoms with E-state index < -0.39 is 6.10 Å². The van der Waals surface area contributed by atoms with E-state index in [-0.39, 0.29) is 18.6 Å². The Hall–Kier alpha value is -1.43. The van der Waals surface area contributed by atoms with Gasteiger partial charge in [-0.2, -0.15) is 0 Å². The maximum Gasteiger partial charge on any atom is 0.241 e. The van der Waals surface area contributed by atoms with Gasteiger partial charge in [-0.05, 0) is 26.0 Å². The second-order valence-electron chi connectivity index (χ2n) is 4.59. The van der Waals surface area contributed by atoms with Gasteiger partial charge in [0.2, 0.25) is 5.91 Å². The molecule has 0 bridgehead atoms. The molecular formula is C14H22N2O3. The van der Waals surface area contributed by atoms with Crippen LogP contribution in [0.2, 0.25) is 0 Å². The third kappa shape index (κ3) is 5.83. The number of nitrogens with one attached hydrogen (secondary N) is 2. The van der Waals surface area contributed by atoms with Crippen molar-refractivity contribution < 1.29 is 14.6 Å². The molecule has 0 fully saturated rings. The van der Waals surface area contributed by atoms with E-state index in [1.54, 1.807) is 6.92 Å². The second kappa shape index (κ2) is 7.89. The van der Waals surface area contributed by atoms with Crippen molar-refractivity contribution in [3.05, 3.63) is 29.8 Å². The van der Waals surface area contributed by atoms with Crippen LogP contribution in [-0.4, -0.2) is 43.4 Å². The number of amides is 1. The van der Waals surface area contributed by atoms with Crippen molar-refractivity contribution in [1.29, 1.82) is 0 Å². The summed E-state index contributed by atoms with van der Waals surface area (Å²) in [6, 6.07) is 7.22. The van der Waals surface area contributed by atoms with Gasteiger partial charge in [-0.1, -0.05) is 17.7 Å². The molecule has 1 aromatic rings. The van der Waals surface area contributed by atoms with Gasteiger partial charge in [0.15, 0.2) is 0 Å². The lowest BCUT2D eigenvalue weighted by molar-refractivity contribution is -0.117. The van der Waals surface area contributed by atoms with Crippen molar-refractivity contribution in [1.82, 2.24) is 5.32 Å². The Morgan fingerprint density at radius 2 is 2.00 bits per heavy atom. The van der Waals surface area contributed by atoms with Crippen LogP contribution in [0.3, 0.4) is 0 Å². The average Bonchev–Trinajstić information content (AvgIpc) is 2.39. The molecule has 0 aromatic heterocycles. The van der Waals surface area contributed by atoms with Gasteiger partial charge < -0.3 is 20.5 Å². The number of hydrogen-bond acceptors (Lipinski definition) is 4. The van der Waals surface area contributed by atoms with E-state index in [2.05, 4.69) is 10.6 Å². The third-order valence-electron chi connectivity index (χ3n) is 2.73. The van der Waals surface area contributed by atoms with Crippen molar-refractivity contribution in [2.24, 2.45) is 0 Å². The van der Waals surface area contributed by atoms with Gasteiger partial charge in [-0.15, -0.1) is 0 Å². The predicted molar refractivity (Wildman–Crippen MR) is 75.2 cm³/mol. The fourth-order valence-corrected chi connectivity index (χ4v) is 1.54. The fourth-order valence-electron chi connectivity index (χ4n) is 1.54. The quantitative estimate of drug-likeness (QED) is 0.686. The lowest BCUT2D eigenvalue weighted by atomic mass is 10.2. The first-order chi connectivity index (χ1) is 9.02. The topological polar surface area (TPSA) is 70.6 Å². The zero-order valence-corrected chi connectivity index (χ0v) is 11.6. The zero-order chi connectivity index (χ0) is 14.3. The van der Waals surface area contributed by atoms with E-state index in [4.69, 9.17) is 4.74 Å². The van der Waals surface area contributed by atoms with Gasteiger partial charge in [0.05, 0.1) is 18.8 Å². The number of aryl methyl sites for hydroxylation is 1. The van der Waals surface area contributed by atoms with Gasteiger partial charge in [0.1, 0.15) is 0 Å². The molecule has 0 saturated heterocycles. The summed E-state index contributed by atoms with van der Waals surface area (Å²) < 4.78 is 4.81. The minimum Gasteiger partial charge on any atom is -0.389 e. The van der Waals surface area contributed by atoms with Crippen LogP contribution in [-0.2, 0) is 9.53 Å². The first-order valence-corrected chi connectivity index (χ1v) is 6.31. The van der Waals surface area contributed by atoms with Crippen LogP contribution >= 0.6 is 0 Å². The molecule has 0 radical (unpaired) electrons. The van der Waals surface area contributed by atoms with Crippen LogP contribution in [0.1, 0.15) is 12.5 Å². The summed E-state index contributed by atoms with van der Waals surface area (Å²) in [5.74, 6) is -0.131. The molecular weight excluding hydrogens is 244 g/mol. The molecule has 1 rings (SSSR count). The van der Waals surface area contributed by atoms with E-state index in [0.717, 1.165) is 11.3 Å². The molecule has 106 valence electrons. The molecule has 0 aliphatic heterocycles. The van der Waals surface area contributed by atoms with E-state index >= 15 is 0 Å². The molecule has 2 unspecified atom stereocenters. The van der Waals surface area contributed by atoms with Crippen LogP contribution in [0.4, 0.5) is 5.69 Å². The molecule has 5 nitrogen and oxygen atoms in total. The fraction of sp³-hybridized carbons (Fsp3) is 0.500. The largest absolute Gasteiger partial charge is 0.389 e. The number of benzene rings is 1. The van der Waals surface area contributed by atoms with Crippen LogP contribution < -0.4 is 10.6 Å². The van der Waals surface area contributed by atoms with Crippen molar-refractivity contribution in [2.45, 2.75) is 26.0 Å². The minimum absolute atomic E-state index is 0.131. The Balaban J connectivity index is 2.38.